The average Bonchev–Trinajstić information content (AvgIpc) is 2.54. The molecule has 2 aromatic rings. The van der Waals surface area contributed by atoms with Gasteiger partial charge in [-0.05, 0) is 18.1 Å². The molecule has 0 aliphatic rings. The number of rotatable bonds is 5. The Balaban J connectivity index is 1.83. The van der Waals surface area contributed by atoms with Crippen molar-refractivity contribution in [1.82, 2.24) is 5.32 Å². The molecule has 0 atom stereocenters. The summed E-state index contributed by atoms with van der Waals surface area (Å²) in [7, 11) is 0. The molecule has 2 aromatic carbocycles. The van der Waals surface area contributed by atoms with Crippen LogP contribution in [0.3, 0.4) is 0 Å². The molecule has 0 bridgehead atoms. The highest BCUT2D eigenvalue weighted by Crippen LogP contribution is 2.06. The Bertz CT molecular complexity index is 591. The summed E-state index contributed by atoms with van der Waals surface area (Å²) in [5, 5.41) is 2.79. The predicted molar refractivity (Wildman–Crippen MR) is 83.7 cm³/mol. The van der Waals surface area contributed by atoms with Crippen molar-refractivity contribution < 1.29 is 9.53 Å². The van der Waals surface area contributed by atoms with E-state index in [4.69, 9.17) is 4.74 Å². The maximum absolute atomic E-state index is 11.8. The number of hydrogen-bond acceptors (Lipinski definition) is 2. The van der Waals surface area contributed by atoms with E-state index in [9.17, 15) is 4.79 Å². The van der Waals surface area contributed by atoms with Crippen LogP contribution in [0.1, 0.15) is 18.1 Å². The molecule has 1 amide bonds. The first-order valence-electron chi connectivity index (χ1n) is 6.94. The normalized spacial score (nSPS) is 11.0. The summed E-state index contributed by atoms with van der Waals surface area (Å²) in [5.74, 6) is 0. The minimum atomic E-state index is -0.428. The Labute approximate surface area is 125 Å². The number of allylic oxidation sites excluding steroid dienone is 2. The summed E-state index contributed by atoms with van der Waals surface area (Å²) in [4.78, 5) is 11.8. The van der Waals surface area contributed by atoms with Crippen molar-refractivity contribution >= 4 is 6.09 Å². The van der Waals surface area contributed by atoms with E-state index in [2.05, 4.69) is 5.32 Å². The smallest absolute Gasteiger partial charge is 0.411 e. The number of ether oxygens (including phenoxy) is 1. The van der Waals surface area contributed by atoms with E-state index in [1.54, 1.807) is 0 Å². The lowest BCUT2D eigenvalue weighted by atomic mass is 10.1. The lowest BCUT2D eigenvalue weighted by Gasteiger charge is -2.10. The SMILES string of the molecule is CC=C(Cc1ccccc1)NC(=O)OCc1ccccc1. The van der Waals surface area contributed by atoms with Gasteiger partial charge in [0.05, 0.1) is 0 Å². The first-order valence-corrected chi connectivity index (χ1v) is 6.94. The van der Waals surface area contributed by atoms with Crippen molar-refractivity contribution in [3.8, 4) is 0 Å². The number of amides is 1. The van der Waals surface area contributed by atoms with Crippen molar-refractivity contribution in [3.63, 3.8) is 0 Å². The third-order valence-corrected chi connectivity index (χ3v) is 3.06. The Kier molecular flexibility index (Phi) is 5.59. The fraction of sp³-hybridized carbons (Fsp3) is 0.167. The zero-order valence-corrected chi connectivity index (χ0v) is 12.1. The molecule has 108 valence electrons. The van der Waals surface area contributed by atoms with Gasteiger partial charge in [-0.15, -0.1) is 0 Å². The second-order valence-electron chi connectivity index (χ2n) is 4.66. The van der Waals surface area contributed by atoms with Crippen molar-refractivity contribution in [1.29, 1.82) is 0 Å². The topological polar surface area (TPSA) is 38.3 Å². The lowest BCUT2D eigenvalue weighted by molar-refractivity contribution is 0.142. The summed E-state index contributed by atoms with van der Waals surface area (Å²) in [6, 6.07) is 19.6. The maximum Gasteiger partial charge on any atom is 0.411 e. The van der Waals surface area contributed by atoms with Gasteiger partial charge in [0.15, 0.2) is 0 Å². The van der Waals surface area contributed by atoms with E-state index in [1.807, 2.05) is 73.7 Å². The van der Waals surface area contributed by atoms with Gasteiger partial charge in [0.25, 0.3) is 0 Å². The third-order valence-electron chi connectivity index (χ3n) is 3.06. The highest BCUT2D eigenvalue weighted by molar-refractivity contribution is 5.69. The quantitative estimate of drug-likeness (QED) is 0.897. The molecular formula is C18H19NO2. The Morgan fingerprint density at radius 2 is 1.57 bits per heavy atom. The molecule has 0 saturated carbocycles. The van der Waals surface area contributed by atoms with Crippen molar-refractivity contribution in [2.45, 2.75) is 20.0 Å². The highest BCUT2D eigenvalue weighted by atomic mass is 16.5. The molecule has 3 nitrogen and oxygen atoms in total. The number of carbonyl (C=O) groups is 1. The van der Waals surface area contributed by atoms with Gasteiger partial charge < -0.3 is 4.74 Å². The fourth-order valence-corrected chi connectivity index (χ4v) is 1.92. The van der Waals surface area contributed by atoms with Gasteiger partial charge in [-0.25, -0.2) is 4.79 Å². The van der Waals surface area contributed by atoms with Gasteiger partial charge in [0, 0.05) is 12.1 Å². The molecule has 0 aromatic heterocycles. The largest absolute Gasteiger partial charge is 0.444 e. The first-order chi connectivity index (χ1) is 10.3. The van der Waals surface area contributed by atoms with Crippen LogP contribution < -0.4 is 5.32 Å². The zero-order chi connectivity index (χ0) is 14.9. The number of hydrogen-bond donors (Lipinski definition) is 1. The Morgan fingerprint density at radius 1 is 1.00 bits per heavy atom. The second kappa shape index (κ2) is 7.90. The molecule has 0 radical (unpaired) electrons. The second-order valence-corrected chi connectivity index (χ2v) is 4.66. The summed E-state index contributed by atoms with van der Waals surface area (Å²) < 4.78 is 5.21. The molecule has 0 aliphatic carbocycles. The number of alkyl carbamates (subject to hydrolysis) is 1. The average molecular weight is 281 g/mol. The molecule has 1 N–H and O–H groups in total. The zero-order valence-electron chi connectivity index (χ0n) is 12.1. The fourth-order valence-electron chi connectivity index (χ4n) is 1.92. The van der Waals surface area contributed by atoms with E-state index < -0.39 is 6.09 Å². The summed E-state index contributed by atoms with van der Waals surface area (Å²) in [6.07, 6.45) is 2.14. The molecule has 0 aliphatic heterocycles. The first kappa shape index (κ1) is 14.9. The van der Waals surface area contributed by atoms with Gasteiger partial charge in [0.2, 0.25) is 0 Å². The van der Waals surface area contributed by atoms with Gasteiger partial charge in [-0.3, -0.25) is 5.32 Å². The standard InChI is InChI=1S/C18H19NO2/c1-2-17(13-15-9-5-3-6-10-15)19-18(20)21-14-16-11-7-4-8-12-16/h2-12H,13-14H2,1H3,(H,19,20). The van der Waals surface area contributed by atoms with Crippen LogP contribution in [-0.2, 0) is 17.8 Å². The van der Waals surface area contributed by atoms with Crippen molar-refractivity contribution in [3.05, 3.63) is 83.6 Å². The van der Waals surface area contributed by atoms with E-state index in [-0.39, 0.29) is 6.61 Å². The van der Waals surface area contributed by atoms with Gasteiger partial charge >= 0.3 is 6.09 Å². The number of benzene rings is 2. The monoisotopic (exact) mass is 281 g/mol. The molecular weight excluding hydrogens is 262 g/mol. The third kappa shape index (κ3) is 5.15. The summed E-state index contributed by atoms with van der Waals surface area (Å²) in [5.41, 5.74) is 2.95. The van der Waals surface area contributed by atoms with E-state index in [0.717, 1.165) is 16.8 Å². The van der Waals surface area contributed by atoms with Crippen LogP contribution >= 0.6 is 0 Å². The van der Waals surface area contributed by atoms with Crippen LogP contribution in [0.5, 0.6) is 0 Å². The Morgan fingerprint density at radius 3 is 2.14 bits per heavy atom. The minimum absolute atomic E-state index is 0.273. The summed E-state index contributed by atoms with van der Waals surface area (Å²) >= 11 is 0. The minimum Gasteiger partial charge on any atom is -0.444 e. The van der Waals surface area contributed by atoms with Crippen LogP contribution in [-0.4, -0.2) is 6.09 Å². The van der Waals surface area contributed by atoms with Crippen LogP contribution in [0.2, 0.25) is 0 Å². The molecule has 0 unspecified atom stereocenters. The lowest BCUT2D eigenvalue weighted by Crippen LogP contribution is -2.24. The van der Waals surface area contributed by atoms with Gasteiger partial charge in [-0.2, -0.15) is 0 Å². The Hall–Kier alpha value is -2.55. The van der Waals surface area contributed by atoms with E-state index in [1.165, 1.54) is 0 Å². The van der Waals surface area contributed by atoms with Gasteiger partial charge in [-0.1, -0.05) is 66.7 Å². The predicted octanol–water partition coefficient (Wildman–Crippen LogP) is 4.06. The molecule has 0 fully saturated rings. The van der Waals surface area contributed by atoms with Crippen LogP contribution in [0.4, 0.5) is 4.79 Å². The van der Waals surface area contributed by atoms with Crippen LogP contribution in [0.15, 0.2) is 72.4 Å². The number of nitrogens with one attached hydrogen (secondary N) is 1. The molecule has 0 saturated heterocycles. The molecule has 3 heteroatoms. The van der Waals surface area contributed by atoms with Crippen molar-refractivity contribution in [2.75, 3.05) is 0 Å². The molecule has 0 spiro atoms. The van der Waals surface area contributed by atoms with E-state index in [0.29, 0.717) is 6.42 Å². The van der Waals surface area contributed by atoms with Crippen LogP contribution in [0.25, 0.3) is 0 Å². The number of carbonyl (C=O) groups excluding carboxylic acids is 1. The molecule has 21 heavy (non-hydrogen) atoms. The molecule has 0 heterocycles. The van der Waals surface area contributed by atoms with Crippen molar-refractivity contribution in [2.24, 2.45) is 0 Å². The van der Waals surface area contributed by atoms with E-state index >= 15 is 0 Å². The van der Waals surface area contributed by atoms with Gasteiger partial charge in [0.1, 0.15) is 6.61 Å². The maximum atomic E-state index is 11.8. The molecule has 2 rings (SSSR count). The van der Waals surface area contributed by atoms with Crippen LogP contribution in [0, 0.1) is 0 Å². The highest BCUT2D eigenvalue weighted by Gasteiger charge is 2.06. The summed E-state index contributed by atoms with van der Waals surface area (Å²) in [6.45, 7) is 2.17.